The second-order valence-corrected chi connectivity index (χ2v) is 6.43. The van der Waals surface area contributed by atoms with Crippen LogP contribution >= 0.6 is 0 Å². The predicted octanol–water partition coefficient (Wildman–Crippen LogP) is 3.75. The van der Waals surface area contributed by atoms with Gasteiger partial charge >= 0.3 is 0 Å². The summed E-state index contributed by atoms with van der Waals surface area (Å²) in [5.74, 6) is 0.873. The van der Waals surface area contributed by atoms with Gasteiger partial charge in [0, 0.05) is 18.3 Å². The zero-order valence-electron chi connectivity index (χ0n) is 12.9. The molecule has 0 spiro atoms. The van der Waals surface area contributed by atoms with Crippen LogP contribution in [-0.2, 0) is 6.54 Å². The van der Waals surface area contributed by atoms with E-state index in [9.17, 15) is 0 Å². The third-order valence-corrected chi connectivity index (χ3v) is 3.78. The van der Waals surface area contributed by atoms with E-state index in [2.05, 4.69) is 49.9 Å². The van der Waals surface area contributed by atoms with Gasteiger partial charge in [0.15, 0.2) is 0 Å². The number of ether oxygens (including phenoxy) is 1. The topological polar surface area (TPSA) is 38.5 Å². The minimum Gasteiger partial charge on any atom is -0.484 e. The van der Waals surface area contributed by atoms with Crippen LogP contribution in [0.3, 0.4) is 0 Å². The molecule has 0 saturated heterocycles. The Morgan fingerprint density at radius 2 is 1.86 bits per heavy atom. The molecule has 0 amide bonds. The maximum Gasteiger partial charge on any atom is 0.145 e. The molecule has 0 bridgehead atoms. The first-order valence-corrected chi connectivity index (χ1v) is 7.32. The molecule has 0 saturated carbocycles. The summed E-state index contributed by atoms with van der Waals surface area (Å²) in [5.41, 5.74) is 10.1. The molecule has 21 heavy (non-hydrogen) atoms. The Balaban J connectivity index is 1.93. The number of nitrogens with zero attached hydrogens (tertiary/aromatic N) is 1. The maximum atomic E-state index is 6.07. The molecule has 0 fully saturated rings. The van der Waals surface area contributed by atoms with Crippen molar-refractivity contribution in [1.82, 2.24) is 0 Å². The van der Waals surface area contributed by atoms with Crippen LogP contribution in [0.4, 0.5) is 11.4 Å². The monoisotopic (exact) mass is 282 g/mol. The number of nitrogen functional groups attached to an aromatic ring is 1. The molecule has 3 heteroatoms. The van der Waals surface area contributed by atoms with E-state index in [1.807, 2.05) is 18.2 Å². The molecule has 2 aromatic carbocycles. The molecular formula is C18H22N2O. The predicted molar refractivity (Wildman–Crippen MR) is 87.8 cm³/mol. The number of fused-ring (bicyclic) bond motifs is 1. The lowest BCUT2D eigenvalue weighted by Gasteiger charge is -2.41. The fourth-order valence-corrected chi connectivity index (χ4v) is 2.80. The molecule has 1 aliphatic rings. The second kappa shape index (κ2) is 4.99. The van der Waals surface area contributed by atoms with E-state index in [1.54, 1.807) is 0 Å². The number of aryl methyl sites for hydroxylation is 1. The van der Waals surface area contributed by atoms with Gasteiger partial charge in [-0.05, 0) is 38.5 Å². The molecule has 1 aliphatic heterocycles. The lowest BCUT2D eigenvalue weighted by Crippen LogP contribution is -2.46. The summed E-state index contributed by atoms with van der Waals surface area (Å²) in [5, 5.41) is 0. The number of benzene rings is 2. The van der Waals surface area contributed by atoms with E-state index < -0.39 is 0 Å². The summed E-state index contributed by atoms with van der Waals surface area (Å²) in [6.45, 7) is 8.07. The Morgan fingerprint density at radius 3 is 2.57 bits per heavy atom. The summed E-state index contributed by atoms with van der Waals surface area (Å²) in [7, 11) is 0. The van der Waals surface area contributed by atoms with Gasteiger partial charge in [0.1, 0.15) is 11.4 Å². The number of nitrogens with two attached hydrogens (primary N) is 1. The van der Waals surface area contributed by atoms with Gasteiger partial charge in [0.25, 0.3) is 0 Å². The average Bonchev–Trinajstić information content (AvgIpc) is 2.39. The lowest BCUT2D eigenvalue weighted by molar-refractivity contribution is 0.104. The van der Waals surface area contributed by atoms with E-state index >= 15 is 0 Å². The van der Waals surface area contributed by atoms with E-state index in [0.29, 0.717) is 0 Å². The van der Waals surface area contributed by atoms with Crippen molar-refractivity contribution in [3.8, 4) is 5.75 Å². The normalized spacial score (nSPS) is 16.2. The van der Waals surface area contributed by atoms with E-state index in [4.69, 9.17) is 10.5 Å². The minimum absolute atomic E-state index is 0.217. The van der Waals surface area contributed by atoms with Gasteiger partial charge in [-0.1, -0.05) is 29.8 Å². The third kappa shape index (κ3) is 2.97. The standard InChI is InChI=1S/C18H22N2O/c1-13-4-6-14(7-5-13)11-20-12-18(2,3)21-17-10-15(19)8-9-16(17)20/h4-10H,11-12,19H2,1-3H3. The van der Waals surface area contributed by atoms with E-state index in [0.717, 1.165) is 30.2 Å². The van der Waals surface area contributed by atoms with Crippen molar-refractivity contribution in [3.05, 3.63) is 53.6 Å². The molecule has 0 aromatic heterocycles. The summed E-state index contributed by atoms with van der Waals surface area (Å²) < 4.78 is 6.07. The van der Waals surface area contributed by atoms with Crippen molar-refractivity contribution in [2.75, 3.05) is 17.2 Å². The molecule has 0 aliphatic carbocycles. The fraction of sp³-hybridized carbons (Fsp3) is 0.333. The highest BCUT2D eigenvalue weighted by molar-refractivity contribution is 5.65. The van der Waals surface area contributed by atoms with Crippen LogP contribution in [-0.4, -0.2) is 12.1 Å². The molecule has 3 rings (SSSR count). The van der Waals surface area contributed by atoms with Crippen molar-refractivity contribution in [3.63, 3.8) is 0 Å². The van der Waals surface area contributed by atoms with Crippen LogP contribution < -0.4 is 15.4 Å². The molecule has 3 nitrogen and oxygen atoms in total. The summed E-state index contributed by atoms with van der Waals surface area (Å²) >= 11 is 0. The highest BCUT2D eigenvalue weighted by Crippen LogP contribution is 2.38. The Hall–Kier alpha value is -2.16. The van der Waals surface area contributed by atoms with Crippen molar-refractivity contribution in [2.24, 2.45) is 0 Å². The summed E-state index contributed by atoms with van der Waals surface area (Å²) in [4.78, 5) is 2.36. The Kier molecular flexibility index (Phi) is 3.28. The molecule has 2 N–H and O–H groups in total. The highest BCUT2D eigenvalue weighted by atomic mass is 16.5. The van der Waals surface area contributed by atoms with Gasteiger partial charge in [-0.15, -0.1) is 0 Å². The molecule has 0 atom stereocenters. The van der Waals surface area contributed by atoms with Crippen molar-refractivity contribution in [2.45, 2.75) is 32.9 Å². The SMILES string of the molecule is Cc1ccc(CN2CC(C)(C)Oc3cc(N)ccc32)cc1. The fourth-order valence-electron chi connectivity index (χ4n) is 2.80. The van der Waals surface area contributed by atoms with Gasteiger partial charge in [-0.25, -0.2) is 0 Å². The van der Waals surface area contributed by atoms with Crippen LogP contribution in [0.5, 0.6) is 5.75 Å². The summed E-state index contributed by atoms with van der Waals surface area (Å²) in [6.07, 6.45) is 0. The Morgan fingerprint density at radius 1 is 1.14 bits per heavy atom. The molecule has 2 aromatic rings. The first-order chi connectivity index (χ1) is 9.93. The number of hydrogen-bond donors (Lipinski definition) is 1. The highest BCUT2D eigenvalue weighted by Gasteiger charge is 2.31. The van der Waals surface area contributed by atoms with Gasteiger partial charge in [-0.3, -0.25) is 0 Å². The smallest absolute Gasteiger partial charge is 0.145 e. The number of rotatable bonds is 2. The molecule has 110 valence electrons. The van der Waals surface area contributed by atoms with Gasteiger partial charge in [0.2, 0.25) is 0 Å². The molecule has 1 heterocycles. The molecule has 0 unspecified atom stereocenters. The quantitative estimate of drug-likeness (QED) is 0.852. The van der Waals surface area contributed by atoms with Gasteiger partial charge in [0.05, 0.1) is 12.2 Å². The Labute approximate surface area is 126 Å². The Bertz CT molecular complexity index is 647. The second-order valence-electron chi connectivity index (χ2n) is 6.43. The third-order valence-electron chi connectivity index (χ3n) is 3.78. The minimum atomic E-state index is -0.217. The van der Waals surface area contributed by atoms with Gasteiger partial charge in [-0.2, -0.15) is 0 Å². The van der Waals surface area contributed by atoms with Crippen molar-refractivity contribution in [1.29, 1.82) is 0 Å². The van der Waals surface area contributed by atoms with Crippen molar-refractivity contribution < 1.29 is 4.74 Å². The van der Waals surface area contributed by atoms with E-state index in [1.165, 1.54) is 11.1 Å². The van der Waals surface area contributed by atoms with Crippen molar-refractivity contribution >= 4 is 11.4 Å². The van der Waals surface area contributed by atoms with Crippen LogP contribution in [0.15, 0.2) is 42.5 Å². The first kappa shape index (κ1) is 13.8. The molecule has 0 radical (unpaired) electrons. The average molecular weight is 282 g/mol. The van der Waals surface area contributed by atoms with Crippen LogP contribution in [0, 0.1) is 6.92 Å². The van der Waals surface area contributed by atoms with Crippen LogP contribution in [0.25, 0.3) is 0 Å². The zero-order chi connectivity index (χ0) is 15.0. The van der Waals surface area contributed by atoms with Crippen LogP contribution in [0.2, 0.25) is 0 Å². The van der Waals surface area contributed by atoms with Crippen LogP contribution in [0.1, 0.15) is 25.0 Å². The largest absolute Gasteiger partial charge is 0.484 e. The summed E-state index contributed by atoms with van der Waals surface area (Å²) in [6, 6.07) is 14.6. The maximum absolute atomic E-state index is 6.07. The zero-order valence-corrected chi connectivity index (χ0v) is 12.9. The number of hydrogen-bond acceptors (Lipinski definition) is 3. The van der Waals surface area contributed by atoms with E-state index in [-0.39, 0.29) is 5.60 Å². The number of anilines is 2. The lowest BCUT2D eigenvalue weighted by atomic mass is 10.0. The van der Waals surface area contributed by atoms with Gasteiger partial charge < -0.3 is 15.4 Å². The molecular weight excluding hydrogens is 260 g/mol. The first-order valence-electron chi connectivity index (χ1n) is 7.32.